The zero-order valence-electron chi connectivity index (χ0n) is 10.5. The van der Waals surface area contributed by atoms with Crippen LogP contribution in [-0.4, -0.2) is 23.9 Å². The van der Waals surface area contributed by atoms with Crippen LogP contribution in [-0.2, 0) is 6.61 Å². The van der Waals surface area contributed by atoms with Crippen molar-refractivity contribution in [2.75, 3.05) is 13.1 Å². The molecule has 19 heavy (non-hydrogen) atoms. The SMILES string of the molecule is c1cc(COc2ccc(C3=NCCN3)cc2)ccn1. The first kappa shape index (κ1) is 11.7. The van der Waals surface area contributed by atoms with Crippen LogP contribution in [0, 0.1) is 0 Å². The van der Waals surface area contributed by atoms with Gasteiger partial charge < -0.3 is 10.1 Å². The average Bonchev–Trinajstić information content (AvgIpc) is 3.01. The molecule has 1 N–H and O–H groups in total. The minimum absolute atomic E-state index is 0.557. The second-order valence-corrected chi connectivity index (χ2v) is 4.33. The van der Waals surface area contributed by atoms with Crippen molar-refractivity contribution >= 4 is 5.84 Å². The van der Waals surface area contributed by atoms with Gasteiger partial charge in [-0.25, -0.2) is 0 Å². The third-order valence-corrected chi connectivity index (χ3v) is 2.96. The van der Waals surface area contributed by atoms with Crippen LogP contribution in [0.5, 0.6) is 5.75 Å². The molecule has 0 aliphatic carbocycles. The quantitative estimate of drug-likeness (QED) is 0.906. The van der Waals surface area contributed by atoms with Crippen molar-refractivity contribution in [1.82, 2.24) is 10.3 Å². The summed E-state index contributed by atoms with van der Waals surface area (Å²) < 4.78 is 5.72. The van der Waals surface area contributed by atoms with Crippen LogP contribution in [0.2, 0.25) is 0 Å². The number of rotatable bonds is 4. The average molecular weight is 253 g/mol. The fourth-order valence-electron chi connectivity index (χ4n) is 1.95. The van der Waals surface area contributed by atoms with Crippen LogP contribution in [0.1, 0.15) is 11.1 Å². The summed E-state index contributed by atoms with van der Waals surface area (Å²) in [6, 6.07) is 11.9. The van der Waals surface area contributed by atoms with E-state index in [-0.39, 0.29) is 0 Å². The summed E-state index contributed by atoms with van der Waals surface area (Å²) in [6.45, 7) is 2.34. The maximum absolute atomic E-state index is 5.72. The predicted octanol–water partition coefficient (Wildman–Crippen LogP) is 2.01. The third kappa shape index (κ3) is 2.91. The summed E-state index contributed by atoms with van der Waals surface area (Å²) in [4.78, 5) is 8.37. The Morgan fingerprint density at radius 3 is 2.53 bits per heavy atom. The summed E-state index contributed by atoms with van der Waals surface area (Å²) >= 11 is 0. The Hall–Kier alpha value is -2.36. The van der Waals surface area contributed by atoms with Gasteiger partial charge in [-0.05, 0) is 42.0 Å². The minimum Gasteiger partial charge on any atom is -0.489 e. The number of pyridine rings is 1. The van der Waals surface area contributed by atoms with Crippen molar-refractivity contribution in [2.24, 2.45) is 4.99 Å². The Labute approximate surface area is 112 Å². The number of aliphatic imine (C=N–C) groups is 1. The van der Waals surface area contributed by atoms with Gasteiger partial charge >= 0.3 is 0 Å². The first-order valence-electron chi connectivity index (χ1n) is 6.32. The van der Waals surface area contributed by atoms with E-state index in [4.69, 9.17) is 4.74 Å². The Balaban J connectivity index is 1.63. The molecule has 1 aliphatic rings. The largest absolute Gasteiger partial charge is 0.489 e. The molecular weight excluding hydrogens is 238 g/mol. The van der Waals surface area contributed by atoms with Gasteiger partial charge in [-0.3, -0.25) is 9.98 Å². The smallest absolute Gasteiger partial charge is 0.128 e. The Bertz CT molecular complexity index is 564. The van der Waals surface area contributed by atoms with Crippen LogP contribution in [0.15, 0.2) is 53.8 Å². The molecule has 0 atom stereocenters. The van der Waals surface area contributed by atoms with Gasteiger partial charge in [0, 0.05) is 24.5 Å². The van der Waals surface area contributed by atoms with Crippen molar-refractivity contribution < 1.29 is 4.74 Å². The molecule has 0 amide bonds. The first-order valence-corrected chi connectivity index (χ1v) is 6.32. The highest BCUT2D eigenvalue weighted by molar-refractivity contribution is 5.99. The monoisotopic (exact) mass is 253 g/mol. The number of hydrogen-bond donors (Lipinski definition) is 1. The molecule has 2 heterocycles. The molecule has 0 spiro atoms. The second kappa shape index (κ2) is 5.52. The number of benzene rings is 1. The van der Waals surface area contributed by atoms with Crippen LogP contribution in [0.4, 0.5) is 0 Å². The van der Waals surface area contributed by atoms with E-state index in [1.165, 1.54) is 0 Å². The van der Waals surface area contributed by atoms with Crippen molar-refractivity contribution in [3.05, 3.63) is 59.9 Å². The summed E-state index contributed by atoms with van der Waals surface area (Å²) in [7, 11) is 0. The molecule has 0 radical (unpaired) electrons. The van der Waals surface area contributed by atoms with E-state index in [1.54, 1.807) is 12.4 Å². The number of aromatic nitrogens is 1. The van der Waals surface area contributed by atoms with E-state index in [9.17, 15) is 0 Å². The van der Waals surface area contributed by atoms with Crippen molar-refractivity contribution in [1.29, 1.82) is 0 Å². The molecule has 2 aromatic rings. The highest BCUT2D eigenvalue weighted by Gasteiger charge is 2.07. The standard InChI is InChI=1S/C15H15N3O/c1-3-14(19-11-12-5-7-16-8-6-12)4-2-13(1)15-17-9-10-18-15/h1-8H,9-11H2,(H,17,18). The molecule has 4 nitrogen and oxygen atoms in total. The van der Waals surface area contributed by atoms with E-state index in [1.807, 2.05) is 36.4 Å². The zero-order valence-corrected chi connectivity index (χ0v) is 10.5. The van der Waals surface area contributed by atoms with Gasteiger partial charge in [-0.2, -0.15) is 0 Å². The van der Waals surface area contributed by atoms with Gasteiger partial charge in [0.05, 0.1) is 6.54 Å². The zero-order chi connectivity index (χ0) is 12.9. The van der Waals surface area contributed by atoms with E-state index < -0.39 is 0 Å². The lowest BCUT2D eigenvalue weighted by Crippen LogP contribution is -2.19. The molecule has 1 aromatic heterocycles. The van der Waals surface area contributed by atoms with Crippen molar-refractivity contribution in [3.63, 3.8) is 0 Å². The molecule has 0 bridgehead atoms. The van der Waals surface area contributed by atoms with E-state index in [0.29, 0.717) is 6.61 Å². The third-order valence-electron chi connectivity index (χ3n) is 2.96. The van der Waals surface area contributed by atoms with Gasteiger partial charge in [0.25, 0.3) is 0 Å². The van der Waals surface area contributed by atoms with Gasteiger partial charge in [0.1, 0.15) is 18.2 Å². The lowest BCUT2D eigenvalue weighted by atomic mass is 10.2. The first-order chi connectivity index (χ1) is 9.42. The summed E-state index contributed by atoms with van der Waals surface area (Å²) in [6.07, 6.45) is 3.54. The lowest BCUT2D eigenvalue weighted by molar-refractivity contribution is 0.306. The normalized spacial score (nSPS) is 13.8. The highest BCUT2D eigenvalue weighted by Crippen LogP contribution is 2.14. The van der Waals surface area contributed by atoms with Gasteiger partial charge in [0.15, 0.2) is 0 Å². The number of ether oxygens (including phenoxy) is 1. The maximum Gasteiger partial charge on any atom is 0.128 e. The van der Waals surface area contributed by atoms with Gasteiger partial charge in [-0.15, -0.1) is 0 Å². The van der Waals surface area contributed by atoms with Gasteiger partial charge in [-0.1, -0.05) is 0 Å². The molecular formula is C15H15N3O. The van der Waals surface area contributed by atoms with Crippen LogP contribution < -0.4 is 10.1 Å². The Kier molecular flexibility index (Phi) is 3.40. The molecule has 3 rings (SSSR count). The summed E-state index contributed by atoms with van der Waals surface area (Å²) in [5, 5.41) is 3.25. The summed E-state index contributed by atoms with van der Waals surface area (Å²) in [5.74, 6) is 1.83. The molecule has 4 heteroatoms. The molecule has 0 saturated heterocycles. The molecule has 0 saturated carbocycles. The minimum atomic E-state index is 0.557. The topological polar surface area (TPSA) is 46.5 Å². The number of nitrogens with zero attached hydrogens (tertiary/aromatic N) is 2. The molecule has 1 aromatic carbocycles. The van der Waals surface area contributed by atoms with E-state index >= 15 is 0 Å². The molecule has 0 fully saturated rings. The fraction of sp³-hybridized carbons (Fsp3) is 0.200. The van der Waals surface area contributed by atoms with Crippen molar-refractivity contribution in [3.8, 4) is 5.75 Å². The highest BCUT2D eigenvalue weighted by atomic mass is 16.5. The molecule has 0 unspecified atom stereocenters. The van der Waals surface area contributed by atoms with Crippen molar-refractivity contribution in [2.45, 2.75) is 6.61 Å². The fourth-order valence-corrected chi connectivity index (χ4v) is 1.95. The van der Waals surface area contributed by atoms with Crippen LogP contribution in [0.25, 0.3) is 0 Å². The van der Waals surface area contributed by atoms with Gasteiger partial charge in [0.2, 0.25) is 0 Å². The Morgan fingerprint density at radius 2 is 1.84 bits per heavy atom. The Morgan fingerprint density at radius 1 is 1.05 bits per heavy atom. The number of nitrogens with one attached hydrogen (secondary N) is 1. The number of hydrogen-bond acceptors (Lipinski definition) is 4. The van der Waals surface area contributed by atoms with Crippen LogP contribution in [0.3, 0.4) is 0 Å². The lowest BCUT2D eigenvalue weighted by Gasteiger charge is -2.07. The maximum atomic E-state index is 5.72. The van der Waals surface area contributed by atoms with E-state index in [0.717, 1.165) is 35.8 Å². The molecule has 1 aliphatic heterocycles. The van der Waals surface area contributed by atoms with Crippen LogP contribution >= 0.6 is 0 Å². The second-order valence-electron chi connectivity index (χ2n) is 4.33. The van der Waals surface area contributed by atoms with E-state index in [2.05, 4.69) is 15.3 Å². The number of amidine groups is 1. The molecule has 96 valence electrons. The summed E-state index contributed by atoms with van der Waals surface area (Å²) in [5.41, 5.74) is 2.22. The predicted molar refractivity (Wildman–Crippen MR) is 74.4 cm³/mol.